The van der Waals surface area contributed by atoms with Gasteiger partial charge in [-0.25, -0.2) is 16.8 Å². The van der Waals surface area contributed by atoms with E-state index in [0.717, 1.165) is 16.7 Å². The predicted octanol–water partition coefficient (Wildman–Crippen LogP) is 4.86. The Morgan fingerprint density at radius 1 is 0.676 bits per heavy atom. The Morgan fingerprint density at radius 2 is 1.19 bits per heavy atom. The number of nitrogens with zero attached hydrogens (tertiary/aromatic N) is 2. The van der Waals surface area contributed by atoms with Crippen molar-refractivity contribution in [1.82, 2.24) is 8.61 Å². The molecule has 0 aromatic heterocycles. The number of piperidine rings is 1. The van der Waals surface area contributed by atoms with E-state index in [-0.39, 0.29) is 28.3 Å². The summed E-state index contributed by atoms with van der Waals surface area (Å²) in [6, 6.07) is 22.9. The lowest BCUT2D eigenvalue weighted by Gasteiger charge is -2.42. The second-order valence-electron chi connectivity index (χ2n) is 9.93. The average molecular weight is 537 g/mol. The minimum absolute atomic E-state index is 0.144. The SMILES string of the molecule is Cc1ccc(S(=O)(=O)N2CC[C@H]3[C@@H](CCN3S(=O)(=O)c3ccc(C)cc3)[C@H]2/C=C/c2ccccc2)cc1. The van der Waals surface area contributed by atoms with E-state index in [1.54, 1.807) is 45.0 Å². The molecule has 0 N–H and O–H groups in total. The molecule has 2 fully saturated rings. The zero-order valence-corrected chi connectivity index (χ0v) is 22.7. The minimum Gasteiger partial charge on any atom is -0.207 e. The first kappa shape index (κ1) is 25.9. The highest BCUT2D eigenvalue weighted by molar-refractivity contribution is 7.89. The first-order valence-corrected chi connectivity index (χ1v) is 15.5. The molecule has 2 saturated heterocycles. The molecule has 0 amide bonds. The van der Waals surface area contributed by atoms with E-state index in [9.17, 15) is 16.8 Å². The maximum Gasteiger partial charge on any atom is 0.243 e. The van der Waals surface area contributed by atoms with Crippen LogP contribution in [-0.2, 0) is 20.0 Å². The molecule has 0 unspecified atom stereocenters. The van der Waals surface area contributed by atoms with Crippen LogP contribution in [0, 0.1) is 19.8 Å². The maximum absolute atomic E-state index is 13.8. The summed E-state index contributed by atoms with van der Waals surface area (Å²) >= 11 is 0. The molecule has 3 atom stereocenters. The Bertz CT molecular complexity index is 1480. The Kier molecular flexibility index (Phi) is 7.11. The molecule has 3 aromatic carbocycles. The van der Waals surface area contributed by atoms with Crippen LogP contribution in [0.4, 0.5) is 0 Å². The zero-order chi connectivity index (χ0) is 26.2. The molecule has 0 bridgehead atoms. The fourth-order valence-corrected chi connectivity index (χ4v) is 8.87. The van der Waals surface area contributed by atoms with Crippen molar-refractivity contribution < 1.29 is 16.8 Å². The van der Waals surface area contributed by atoms with Gasteiger partial charge < -0.3 is 0 Å². The summed E-state index contributed by atoms with van der Waals surface area (Å²) in [6.07, 6.45) is 4.94. The monoisotopic (exact) mass is 536 g/mol. The van der Waals surface area contributed by atoms with Crippen LogP contribution >= 0.6 is 0 Å². The van der Waals surface area contributed by atoms with Crippen LogP contribution in [0.5, 0.6) is 0 Å². The summed E-state index contributed by atoms with van der Waals surface area (Å²) in [7, 11) is -7.45. The molecular weight excluding hydrogens is 504 g/mol. The molecule has 8 heteroatoms. The Balaban J connectivity index is 1.50. The van der Waals surface area contributed by atoms with Gasteiger partial charge >= 0.3 is 0 Å². The first-order chi connectivity index (χ1) is 17.7. The van der Waals surface area contributed by atoms with Gasteiger partial charge in [-0.1, -0.05) is 77.9 Å². The third kappa shape index (κ3) is 5.03. The van der Waals surface area contributed by atoms with Crippen molar-refractivity contribution in [3.05, 3.63) is 102 Å². The summed E-state index contributed by atoms with van der Waals surface area (Å²) in [5.74, 6) is -0.144. The van der Waals surface area contributed by atoms with E-state index in [1.807, 2.05) is 68.5 Å². The summed E-state index contributed by atoms with van der Waals surface area (Å²) in [4.78, 5) is 0.543. The molecular formula is C29H32N2O4S2. The van der Waals surface area contributed by atoms with Gasteiger partial charge in [-0.3, -0.25) is 0 Å². The quantitative estimate of drug-likeness (QED) is 0.451. The molecule has 2 aliphatic heterocycles. The molecule has 194 valence electrons. The molecule has 6 nitrogen and oxygen atoms in total. The predicted molar refractivity (Wildman–Crippen MR) is 146 cm³/mol. The summed E-state index contributed by atoms with van der Waals surface area (Å²) < 4.78 is 58.0. The van der Waals surface area contributed by atoms with E-state index < -0.39 is 26.1 Å². The largest absolute Gasteiger partial charge is 0.243 e. The summed E-state index contributed by atoms with van der Waals surface area (Å²) in [6.45, 7) is 4.48. The third-order valence-electron chi connectivity index (χ3n) is 7.50. The van der Waals surface area contributed by atoms with Gasteiger partial charge in [0.1, 0.15) is 0 Å². The minimum atomic E-state index is -3.77. The smallest absolute Gasteiger partial charge is 0.207 e. The van der Waals surface area contributed by atoms with Gasteiger partial charge in [0.2, 0.25) is 20.0 Å². The number of benzene rings is 3. The van der Waals surface area contributed by atoms with Gasteiger partial charge in [-0.05, 0) is 62.4 Å². The standard InChI is InChI=1S/C29H32N2O4S2/c1-22-8-13-25(14-9-22)36(32,33)30-20-18-27-28(17-12-24-6-4-3-5-7-24)31(21-19-29(27)30)37(34,35)26-15-10-23(2)11-16-26/h3-17,27-29H,18-21H2,1-2H3/b17-12+/t27-,28+,29-/m0/s1. The maximum atomic E-state index is 13.8. The van der Waals surface area contributed by atoms with Gasteiger partial charge in [-0.2, -0.15) is 8.61 Å². The van der Waals surface area contributed by atoms with Gasteiger partial charge in [0, 0.05) is 25.2 Å². The Hall–Kier alpha value is -2.78. The molecule has 2 heterocycles. The van der Waals surface area contributed by atoms with Crippen molar-refractivity contribution in [3.8, 4) is 0 Å². The molecule has 37 heavy (non-hydrogen) atoms. The molecule has 0 radical (unpaired) electrons. The fourth-order valence-electron chi connectivity index (χ4n) is 5.51. The number of sulfonamides is 2. The molecule has 2 aliphatic rings. The average Bonchev–Trinajstić information content (AvgIpc) is 3.34. The van der Waals surface area contributed by atoms with Crippen molar-refractivity contribution in [1.29, 1.82) is 0 Å². The number of aryl methyl sites for hydroxylation is 2. The van der Waals surface area contributed by atoms with Crippen LogP contribution in [0.1, 0.15) is 29.5 Å². The lowest BCUT2D eigenvalue weighted by molar-refractivity contribution is 0.168. The van der Waals surface area contributed by atoms with Gasteiger partial charge in [-0.15, -0.1) is 0 Å². The lowest BCUT2D eigenvalue weighted by atomic mass is 9.86. The lowest BCUT2D eigenvalue weighted by Crippen LogP contribution is -2.54. The van der Waals surface area contributed by atoms with Gasteiger partial charge in [0.25, 0.3) is 0 Å². The normalized spacial score (nSPS) is 23.4. The molecule has 0 spiro atoms. The second-order valence-corrected chi connectivity index (χ2v) is 13.7. The number of fused-ring (bicyclic) bond motifs is 1. The van der Waals surface area contributed by atoms with Crippen molar-refractivity contribution in [2.75, 3.05) is 13.1 Å². The summed E-state index contributed by atoms with van der Waals surface area (Å²) in [5.41, 5.74) is 2.96. The van der Waals surface area contributed by atoms with Gasteiger partial charge in [0.15, 0.2) is 0 Å². The number of rotatable bonds is 6. The van der Waals surface area contributed by atoms with E-state index >= 15 is 0 Å². The second kappa shape index (κ2) is 10.2. The van der Waals surface area contributed by atoms with E-state index in [0.29, 0.717) is 19.4 Å². The highest BCUT2D eigenvalue weighted by Crippen LogP contribution is 2.41. The van der Waals surface area contributed by atoms with Crippen LogP contribution in [0.3, 0.4) is 0 Å². The van der Waals surface area contributed by atoms with Crippen molar-refractivity contribution in [2.24, 2.45) is 5.92 Å². The number of hydrogen-bond donors (Lipinski definition) is 0. The van der Waals surface area contributed by atoms with E-state index in [2.05, 4.69) is 0 Å². The van der Waals surface area contributed by atoms with Crippen molar-refractivity contribution in [2.45, 2.75) is 48.6 Å². The first-order valence-electron chi connectivity index (χ1n) is 12.6. The topological polar surface area (TPSA) is 74.8 Å². The zero-order valence-electron chi connectivity index (χ0n) is 21.1. The number of hydrogen-bond acceptors (Lipinski definition) is 4. The van der Waals surface area contributed by atoms with Crippen LogP contribution in [0.25, 0.3) is 6.08 Å². The van der Waals surface area contributed by atoms with Crippen LogP contribution in [0.2, 0.25) is 0 Å². The van der Waals surface area contributed by atoms with Crippen LogP contribution < -0.4 is 0 Å². The fraction of sp³-hybridized carbons (Fsp3) is 0.310. The molecule has 5 rings (SSSR count). The van der Waals surface area contributed by atoms with Crippen LogP contribution in [0.15, 0.2) is 94.7 Å². The third-order valence-corrected chi connectivity index (χ3v) is 11.4. The van der Waals surface area contributed by atoms with Gasteiger partial charge in [0.05, 0.1) is 9.79 Å². The van der Waals surface area contributed by atoms with Crippen molar-refractivity contribution in [3.63, 3.8) is 0 Å². The van der Waals surface area contributed by atoms with E-state index in [1.165, 1.54) is 0 Å². The highest BCUT2D eigenvalue weighted by Gasteiger charge is 2.50. The molecule has 0 saturated carbocycles. The van der Waals surface area contributed by atoms with Crippen molar-refractivity contribution >= 4 is 26.1 Å². The Morgan fingerprint density at radius 3 is 1.76 bits per heavy atom. The molecule has 3 aromatic rings. The van der Waals surface area contributed by atoms with Crippen LogP contribution in [-0.4, -0.2) is 50.6 Å². The summed E-state index contributed by atoms with van der Waals surface area (Å²) in [5, 5.41) is 0. The van der Waals surface area contributed by atoms with E-state index in [4.69, 9.17) is 0 Å². The Labute approximate surface area is 220 Å². The molecule has 0 aliphatic carbocycles. The highest BCUT2D eigenvalue weighted by atomic mass is 32.2.